The standard InChI is InChI=1S/C15H15F9O/c1-3-9-4-6-10(7-5-9)11(25-2)8-12(16,17)13(18,19)14(20,21)15(22,23)24/h4-7,11H,3,8H2,1-2H3. The fraction of sp³-hybridized carbons (Fsp3) is 0.600. The lowest BCUT2D eigenvalue weighted by Gasteiger charge is -2.35. The van der Waals surface area contributed by atoms with Gasteiger partial charge in [-0.05, 0) is 17.5 Å². The molecule has 0 aliphatic rings. The number of methoxy groups -OCH3 is 1. The van der Waals surface area contributed by atoms with Crippen molar-refractivity contribution in [2.45, 2.75) is 49.8 Å². The smallest absolute Gasteiger partial charge is 0.377 e. The number of halogens is 9. The Bertz CT molecular complexity index is 563. The van der Waals surface area contributed by atoms with Gasteiger partial charge in [0.25, 0.3) is 0 Å². The lowest BCUT2D eigenvalue weighted by atomic mass is 9.94. The van der Waals surface area contributed by atoms with E-state index in [-0.39, 0.29) is 5.56 Å². The van der Waals surface area contributed by atoms with Crippen molar-refractivity contribution < 1.29 is 44.3 Å². The van der Waals surface area contributed by atoms with E-state index in [0.29, 0.717) is 6.42 Å². The van der Waals surface area contributed by atoms with Crippen LogP contribution in [0.5, 0.6) is 0 Å². The van der Waals surface area contributed by atoms with Crippen molar-refractivity contribution in [3.63, 3.8) is 0 Å². The highest BCUT2D eigenvalue weighted by molar-refractivity contribution is 5.24. The molecule has 1 aromatic carbocycles. The van der Waals surface area contributed by atoms with Crippen LogP contribution in [-0.4, -0.2) is 31.1 Å². The third kappa shape index (κ3) is 4.04. The first kappa shape index (κ1) is 21.6. The van der Waals surface area contributed by atoms with Crippen molar-refractivity contribution in [2.24, 2.45) is 0 Å². The molecule has 25 heavy (non-hydrogen) atoms. The molecule has 144 valence electrons. The monoisotopic (exact) mass is 382 g/mol. The molecule has 0 aliphatic heterocycles. The summed E-state index contributed by atoms with van der Waals surface area (Å²) in [6.07, 6.45) is -10.1. The van der Waals surface area contributed by atoms with Gasteiger partial charge in [-0.3, -0.25) is 0 Å². The van der Waals surface area contributed by atoms with Crippen LogP contribution in [0.4, 0.5) is 39.5 Å². The molecule has 1 unspecified atom stereocenters. The van der Waals surface area contributed by atoms with Crippen LogP contribution in [0.25, 0.3) is 0 Å². The molecule has 0 bridgehead atoms. The number of hydrogen-bond donors (Lipinski definition) is 0. The Balaban J connectivity index is 3.14. The Morgan fingerprint density at radius 3 is 1.68 bits per heavy atom. The maximum Gasteiger partial charge on any atom is 0.460 e. The molecule has 1 atom stereocenters. The van der Waals surface area contributed by atoms with Gasteiger partial charge in [-0.15, -0.1) is 0 Å². The summed E-state index contributed by atoms with van der Waals surface area (Å²) in [4.78, 5) is 0. The highest BCUT2D eigenvalue weighted by Crippen LogP contribution is 2.55. The van der Waals surface area contributed by atoms with Crippen molar-refractivity contribution in [1.29, 1.82) is 0 Å². The minimum Gasteiger partial charge on any atom is -0.377 e. The molecule has 0 N–H and O–H groups in total. The van der Waals surface area contributed by atoms with Crippen LogP contribution in [0.3, 0.4) is 0 Å². The van der Waals surface area contributed by atoms with Gasteiger partial charge in [0.15, 0.2) is 0 Å². The molecule has 1 aromatic rings. The number of ether oxygens (including phenoxy) is 1. The zero-order chi connectivity index (χ0) is 19.7. The van der Waals surface area contributed by atoms with E-state index in [1.807, 2.05) is 0 Å². The Morgan fingerprint density at radius 1 is 0.840 bits per heavy atom. The Morgan fingerprint density at radius 2 is 1.32 bits per heavy atom. The van der Waals surface area contributed by atoms with Gasteiger partial charge in [-0.25, -0.2) is 0 Å². The fourth-order valence-corrected chi connectivity index (χ4v) is 2.07. The van der Waals surface area contributed by atoms with Gasteiger partial charge in [0.1, 0.15) is 0 Å². The normalized spacial score (nSPS) is 15.3. The molecule has 0 saturated heterocycles. The summed E-state index contributed by atoms with van der Waals surface area (Å²) >= 11 is 0. The third-order valence-electron chi connectivity index (χ3n) is 3.70. The first-order chi connectivity index (χ1) is 11.2. The minimum absolute atomic E-state index is 0.0505. The van der Waals surface area contributed by atoms with Crippen LogP contribution < -0.4 is 0 Å². The lowest BCUT2D eigenvalue weighted by Crippen LogP contribution is -2.61. The van der Waals surface area contributed by atoms with Crippen LogP contribution in [0.1, 0.15) is 30.6 Å². The summed E-state index contributed by atoms with van der Waals surface area (Å²) in [5.74, 6) is -19.2. The predicted molar refractivity (Wildman–Crippen MR) is 71.1 cm³/mol. The highest BCUT2D eigenvalue weighted by atomic mass is 19.4. The average Bonchev–Trinajstić information content (AvgIpc) is 2.51. The van der Waals surface area contributed by atoms with E-state index in [1.165, 1.54) is 24.3 Å². The fourth-order valence-electron chi connectivity index (χ4n) is 2.07. The van der Waals surface area contributed by atoms with E-state index in [0.717, 1.165) is 12.7 Å². The van der Waals surface area contributed by atoms with Crippen LogP contribution in [0.2, 0.25) is 0 Å². The molecule has 0 aromatic heterocycles. The van der Waals surface area contributed by atoms with Crippen LogP contribution >= 0.6 is 0 Å². The molecule has 0 heterocycles. The van der Waals surface area contributed by atoms with E-state index in [4.69, 9.17) is 0 Å². The second kappa shape index (κ2) is 7.05. The number of aryl methyl sites for hydroxylation is 1. The Kier molecular flexibility index (Phi) is 6.09. The van der Waals surface area contributed by atoms with Gasteiger partial charge in [0.2, 0.25) is 0 Å². The molecular weight excluding hydrogens is 367 g/mol. The van der Waals surface area contributed by atoms with Gasteiger partial charge in [0.05, 0.1) is 6.10 Å². The molecule has 0 saturated carbocycles. The van der Waals surface area contributed by atoms with E-state index in [9.17, 15) is 39.5 Å². The van der Waals surface area contributed by atoms with Crippen LogP contribution in [-0.2, 0) is 11.2 Å². The molecule has 0 aliphatic carbocycles. The van der Waals surface area contributed by atoms with Gasteiger partial charge in [-0.1, -0.05) is 31.2 Å². The topological polar surface area (TPSA) is 9.23 Å². The molecule has 1 nitrogen and oxygen atoms in total. The van der Waals surface area contributed by atoms with Crippen molar-refractivity contribution in [2.75, 3.05) is 7.11 Å². The van der Waals surface area contributed by atoms with Crippen molar-refractivity contribution in [1.82, 2.24) is 0 Å². The SMILES string of the molecule is CCc1ccc(C(CC(F)(F)C(F)(F)C(F)(F)C(F)(F)F)OC)cc1. The largest absolute Gasteiger partial charge is 0.460 e. The number of alkyl halides is 9. The minimum atomic E-state index is -6.89. The first-order valence-corrected chi connectivity index (χ1v) is 7.03. The van der Waals surface area contributed by atoms with Gasteiger partial charge >= 0.3 is 23.9 Å². The average molecular weight is 382 g/mol. The summed E-state index contributed by atoms with van der Waals surface area (Å²) in [7, 11) is 0.856. The number of rotatable bonds is 7. The summed E-state index contributed by atoms with van der Waals surface area (Å²) in [6.45, 7) is 1.79. The molecule has 0 fully saturated rings. The predicted octanol–water partition coefficient (Wildman–Crippen LogP) is 5.79. The maximum absolute atomic E-state index is 13.7. The van der Waals surface area contributed by atoms with Crippen molar-refractivity contribution in [3.05, 3.63) is 35.4 Å². The Hall–Kier alpha value is -1.45. The van der Waals surface area contributed by atoms with Gasteiger partial charge in [0, 0.05) is 13.5 Å². The molecule has 0 amide bonds. The molecule has 1 rings (SSSR count). The first-order valence-electron chi connectivity index (χ1n) is 7.03. The zero-order valence-electron chi connectivity index (χ0n) is 13.1. The van der Waals surface area contributed by atoms with Crippen molar-refractivity contribution in [3.8, 4) is 0 Å². The lowest BCUT2D eigenvalue weighted by molar-refractivity contribution is -0.398. The number of hydrogen-bond acceptors (Lipinski definition) is 1. The molecule has 0 spiro atoms. The van der Waals surface area contributed by atoms with Crippen LogP contribution in [0, 0.1) is 0 Å². The quantitative estimate of drug-likeness (QED) is 0.542. The van der Waals surface area contributed by atoms with E-state index in [2.05, 4.69) is 4.74 Å². The van der Waals surface area contributed by atoms with E-state index < -0.39 is 36.5 Å². The maximum atomic E-state index is 13.7. The summed E-state index contributed by atoms with van der Waals surface area (Å²) in [5.41, 5.74) is 0.727. The van der Waals surface area contributed by atoms with Crippen LogP contribution in [0.15, 0.2) is 24.3 Å². The van der Waals surface area contributed by atoms with E-state index in [1.54, 1.807) is 6.92 Å². The van der Waals surface area contributed by atoms with Gasteiger partial charge in [-0.2, -0.15) is 39.5 Å². The van der Waals surface area contributed by atoms with E-state index >= 15 is 0 Å². The van der Waals surface area contributed by atoms with Crippen molar-refractivity contribution >= 4 is 0 Å². The zero-order valence-corrected chi connectivity index (χ0v) is 13.1. The second-order valence-corrected chi connectivity index (χ2v) is 5.37. The summed E-state index contributed by atoms with van der Waals surface area (Å²) in [5, 5.41) is 0. The third-order valence-corrected chi connectivity index (χ3v) is 3.70. The van der Waals surface area contributed by atoms with Gasteiger partial charge < -0.3 is 4.74 Å². The molecule has 10 heteroatoms. The number of benzene rings is 1. The molecular formula is C15H15F9O. The Labute approximate surface area is 137 Å². The molecule has 0 radical (unpaired) electrons. The summed E-state index contributed by atoms with van der Waals surface area (Å²) in [6, 6.07) is 5.45. The second-order valence-electron chi connectivity index (χ2n) is 5.37. The summed E-state index contributed by atoms with van der Waals surface area (Å²) < 4.78 is 121. The highest BCUT2D eigenvalue weighted by Gasteiger charge is 2.81.